The van der Waals surface area contributed by atoms with Gasteiger partial charge in [-0.25, -0.2) is 4.83 Å². The van der Waals surface area contributed by atoms with Crippen molar-refractivity contribution in [3.8, 4) is 11.5 Å². The standard InChI is InChI=1S/C22H21N3O8S2/c1-3-32-22-14-17(15-23-24-34(28,29)19-9-4-16(2)5-10-19)6-13-21(22)33-35(30,31)20-11-7-18(8-12-20)25(26)27/h4-15,24H,3H2,1-2H3/b23-15-. The van der Waals surface area contributed by atoms with Crippen LogP contribution >= 0.6 is 0 Å². The van der Waals surface area contributed by atoms with E-state index in [1.165, 1.54) is 36.5 Å². The van der Waals surface area contributed by atoms with Gasteiger partial charge in [-0.05, 0) is 61.9 Å². The van der Waals surface area contributed by atoms with Crippen molar-refractivity contribution in [3.63, 3.8) is 0 Å². The number of rotatable bonds is 10. The number of benzene rings is 3. The first-order chi connectivity index (χ1) is 16.5. The summed E-state index contributed by atoms with van der Waals surface area (Å²) in [6, 6.07) is 14.7. The quantitative estimate of drug-likeness (QED) is 0.185. The topological polar surface area (TPSA) is 154 Å². The van der Waals surface area contributed by atoms with Crippen LogP contribution in [-0.2, 0) is 20.1 Å². The Morgan fingerprint density at radius 3 is 2.17 bits per heavy atom. The molecule has 0 aliphatic carbocycles. The number of non-ortho nitro benzene ring substituents is 1. The number of nitro groups is 1. The van der Waals surface area contributed by atoms with E-state index in [0.29, 0.717) is 5.56 Å². The summed E-state index contributed by atoms with van der Waals surface area (Å²) in [5.74, 6) is -0.0501. The molecule has 0 unspecified atom stereocenters. The smallest absolute Gasteiger partial charge is 0.339 e. The van der Waals surface area contributed by atoms with Gasteiger partial charge in [-0.2, -0.15) is 21.9 Å². The molecule has 1 N–H and O–H groups in total. The van der Waals surface area contributed by atoms with Crippen LogP contribution in [0.5, 0.6) is 11.5 Å². The summed E-state index contributed by atoms with van der Waals surface area (Å²) in [4.78, 5) is 12.0. The molecule has 0 amide bonds. The molecule has 0 radical (unpaired) electrons. The Labute approximate surface area is 202 Å². The van der Waals surface area contributed by atoms with Crippen LogP contribution in [0.25, 0.3) is 0 Å². The normalized spacial score (nSPS) is 11.8. The monoisotopic (exact) mass is 519 g/mol. The van der Waals surface area contributed by atoms with E-state index in [0.717, 1.165) is 29.8 Å². The zero-order valence-electron chi connectivity index (χ0n) is 18.6. The highest BCUT2D eigenvalue weighted by molar-refractivity contribution is 7.89. The molecule has 0 aliphatic heterocycles. The molecule has 0 saturated heterocycles. The molecule has 0 atom stereocenters. The van der Waals surface area contributed by atoms with Crippen molar-refractivity contribution in [1.29, 1.82) is 0 Å². The van der Waals surface area contributed by atoms with Crippen LogP contribution in [0.4, 0.5) is 5.69 Å². The highest BCUT2D eigenvalue weighted by Gasteiger charge is 2.21. The number of ether oxygens (including phenoxy) is 1. The first-order valence-corrected chi connectivity index (χ1v) is 13.0. The Balaban J connectivity index is 1.79. The number of nitrogens with zero attached hydrogens (tertiary/aromatic N) is 2. The van der Waals surface area contributed by atoms with Crippen LogP contribution in [0.15, 0.2) is 81.6 Å². The number of hydrogen-bond donors (Lipinski definition) is 1. The van der Waals surface area contributed by atoms with Gasteiger partial charge in [0.1, 0.15) is 4.90 Å². The van der Waals surface area contributed by atoms with Gasteiger partial charge in [-0.3, -0.25) is 10.1 Å². The van der Waals surface area contributed by atoms with E-state index in [2.05, 4.69) is 9.93 Å². The first kappa shape index (κ1) is 25.6. The van der Waals surface area contributed by atoms with Crippen molar-refractivity contribution in [2.24, 2.45) is 5.10 Å². The average molecular weight is 520 g/mol. The van der Waals surface area contributed by atoms with Crippen molar-refractivity contribution in [2.45, 2.75) is 23.6 Å². The van der Waals surface area contributed by atoms with Gasteiger partial charge in [-0.15, -0.1) is 0 Å². The lowest BCUT2D eigenvalue weighted by molar-refractivity contribution is -0.384. The molecule has 35 heavy (non-hydrogen) atoms. The fourth-order valence-corrected chi connectivity index (χ4v) is 4.51. The van der Waals surface area contributed by atoms with E-state index in [1.54, 1.807) is 19.1 Å². The predicted molar refractivity (Wildman–Crippen MR) is 128 cm³/mol. The van der Waals surface area contributed by atoms with Gasteiger partial charge in [-0.1, -0.05) is 17.7 Å². The summed E-state index contributed by atoms with van der Waals surface area (Å²) in [5, 5.41) is 14.5. The predicted octanol–water partition coefficient (Wildman–Crippen LogP) is 3.38. The maximum Gasteiger partial charge on any atom is 0.339 e. The molecule has 3 aromatic rings. The summed E-state index contributed by atoms with van der Waals surface area (Å²) in [5.41, 5.74) is 1.05. The maximum atomic E-state index is 12.6. The van der Waals surface area contributed by atoms with Crippen molar-refractivity contribution in [3.05, 3.63) is 88.0 Å². The molecule has 0 spiro atoms. The molecule has 0 heterocycles. The van der Waals surface area contributed by atoms with Gasteiger partial charge < -0.3 is 8.92 Å². The molecule has 0 aliphatic rings. The molecule has 13 heteroatoms. The van der Waals surface area contributed by atoms with E-state index in [9.17, 15) is 26.9 Å². The fourth-order valence-electron chi connectivity index (χ4n) is 2.78. The van der Waals surface area contributed by atoms with Crippen molar-refractivity contribution in [1.82, 2.24) is 4.83 Å². The minimum Gasteiger partial charge on any atom is -0.490 e. The number of hydrogen-bond acceptors (Lipinski definition) is 9. The second-order valence-electron chi connectivity index (χ2n) is 7.09. The Morgan fingerprint density at radius 1 is 0.943 bits per heavy atom. The van der Waals surface area contributed by atoms with E-state index in [1.807, 2.05) is 6.92 Å². The highest BCUT2D eigenvalue weighted by atomic mass is 32.2. The number of hydrazone groups is 1. The molecular weight excluding hydrogens is 498 g/mol. The Morgan fingerprint density at radius 2 is 1.57 bits per heavy atom. The molecule has 0 saturated carbocycles. The van der Waals surface area contributed by atoms with Crippen LogP contribution in [0.2, 0.25) is 0 Å². The highest BCUT2D eigenvalue weighted by Crippen LogP contribution is 2.31. The van der Waals surface area contributed by atoms with Crippen LogP contribution in [0.1, 0.15) is 18.1 Å². The molecule has 0 fully saturated rings. The summed E-state index contributed by atoms with van der Waals surface area (Å²) >= 11 is 0. The Bertz CT molecular complexity index is 1450. The molecule has 11 nitrogen and oxygen atoms in total. The molecule has 3 aromatic carbocycles. The van der Waals surface area contributed by atoms with Gasteiger partial charge in [0.2, 0.25) is 0 Å². The lowest BCUT2D eigenvalue weighted by Crippen LogP contribution is -2.18. The van der Waals surface area contributed by atoms with E-state index >= 15 is 0 Å². The lowest BCUT2D eigenvalue weighted by atomic mass is 10.2. The van der Waals surface area contributed by atoms with E-state index < -0.39 is 25.1 Å². The van der Waals surface area contributed by atoms with Crippen LogP contribution in [-0.4, -0.2) is 34.6 Å². The van der Waals surface area contributed by atoms with Gasteiger partial charge in [0.15, 0.2) is 11.5 Å². The summed E-state index contributed by atoms with van der Waals surface area (Å²) in [7, 11) is -8.17. The fraction of sp³-hybridized carbons (Fsp3) is 0.136. The van der Waals surface area contributed by atoms with Gasteiger partial charge in [0, 0.05) is 12.1 Å². The Kier molecular flexibility index (Phi) is 7.71. The zero-order chi connectivity index (χ0) is 25.6. The minimum absolute atomic E-state index is 0.0513. The largest absolute Gasteiger partial charge is 0.490 e. The van der Waals surface area contributed by atoms with E-state index in [-0.39, 0.29) is 33.6 Å². The summed E-state index contributed by atoms with van der Waals surface area (Å²) in [6.45, 7) is 3.71. The third-order valence-corrected chi connectivity index (χ3v) is 7.01. The van der Waals surface area contributed by atoms with E-state index in [4.69, 9.17) is 8.92 Å². The number of nitro benzene ring substituents is 1. The molecule has 3 rings (SSSR count). The van der Waals surface area contributed by atoms with Crippen LogP contribution in [0, 0.1) is 17.0 Å². The van der Waals surface area contributed by atoms with Crippen LogP contribution < -0.4 is 13.8 Å². The number of aryl methyl sites for hydroxylation is 1. The Hall–Kier alpha value is -3.97. The number of sulfonamides is 1. The second-order valence-corrected chi connectivity index (χ2v) is 10.3. The first-order valence-electron chi connectivity index (χ1n) is 10.1. The minimum atomic E-state index is -4.31. The molecule has 0 aromatic heterocycles. The van der Waals surface area contributed by atoms with Gasteiger partial charge >= 0.3 is 10.1 Å². The van der Waals surface area contributed by atoms with Gasteiger partial charge in [0.25, 0.3) is 15.7 Å². The average Bonchev–Trinajstić information content (AvgIpc) is 2.81. The second kappa shape index (κ2) is 10.5. The molecule has 0 bridgehead atoms. The summed E-state index contributed by atoms with van der Waals surface area (Å²) in [6.07, 6.45) is 1.23. The van der Waals surface area contributed by atoms with Crippen molar-refractivity contribution >= 4 is 32.0 Å². The van der Waals surface area contributed by atoms with Crippen LogP contribution in [0.3, 0.4) is 0 Å². The molecule has 184 valence electrons. The van der Waals surface area contributed by atoms with Gasteiger partial charge in [0.05, 0.1) is 22.6 Å². The molecular formula is C22H21N3O8S2. The lowest BCUT2D eigenvalue weighted by Gasteiger charge is -2.12. The van der Waals surface area contributed by atoms with Crippen molar-refractivity contribution in [2.75, 3.05) is 6.61 Å². The third-order valence-electron chi connectivity index (χ3n) is 4.52. The SMILES string of the molecule is CCOc1cc(/C=N\NS(=O)(=O)c2ccc(C)cc2)ccc1OS(=O)(=O)c1ccc([N+](=O)[O-])cc1. The van der Waals surface area contributed by atoms with Crippen molar-refractivity contribution < 1.29 is 30.7 Å². The summed E-state index contributed by atoms with van der Waals surface area (Å²) < 4.78 is 60.5. The maximum absolute atomic E-state index is 12.6. The number of nitrogens with one attached hydrogen (secondary N) is 1. The zero-order valence-corrected chi connectivity index (χ0v) is 20.2. The third kappa shape index (κ3) is 6.55.